The normalized spacial score (nSPS) is 11.0. The summed E-state index contributed by atoms with van der Waals surface area (Å²) in [4.78, 5) is 7.77. The fourth-order valence-corrected chi connectivity index (χ4v) is 1.51. The molecule has 0 atom stereocenters. The van der Waals surface area contributed by atoms with E-state index in [1.54, 1.807) is 4.57 Å². The molecule has 0 radical (unpaired) electrons. The van der Waals surface area contributed by atoms with Crippen LogP contribution in [0.25, 0.3) is 11.0 Å². The van der Waals surface area contributed by atoms with Crippen molar-refractivity contribution in [1.29, 1.82) is 0 Å². The molecule has 5 heteroatoms. The quantitative estimate of drug-likeness (QED) is 0.789. The summed E-state index contributed by atoms with van der Waals surface area (Å²) in [6, 6.07) is 0. The van der Waals surface area contributed by atoms with Gasteiger partial charge >= 0.3 is 0 Å². The summed E-state index contributed by atoms with van der Waals surface area (Å²) in [6.45, 7) is 2.76. The zero-order valence-electron chi connectivity index (χ0n) is 7.87. The van der Waals surface area contributed by atoms with Crippen LogP contribution in [0.1, 0.15) is 13.3 Å². The number of hydrogen-bond acceptors (Lipinski definition) is 3. The first-order chi connectivity index (χ1) is 6.74. The number of halogens is 1. The Bertz CT molecular complexity index is 463. The Morgan fingerprint density at radius 1 is 1.50 bits per heavy atom. The van der Waals surface area contributed by atoms with E-state index in [-0.39, 0.29) is 11.6 Å². The largest absolute Gasteiger partial charge is 0.383 e. The number of aryl methyl sites for hydroxylation is 1. The number of anilines is 1. The number of fused-ring (bicyclic) bond motifs is 1. The fraction of sp³-hybridized carbons (Fsp3) is 0.333. The minimum atomic E-state index is -0.355. The predicted molar refractivity (Wildman–Crippen MR) is 52.2 cm³/mol. The number of rotatable bonds is 2. The molecule has 2 heterocycles. The number of nitrogens with two attached hydrogens (primary N) is 1. The number of hydrogen-bond donors (Lipinski definition) is 1. The molecule has 0 saturated heterocycles. The molecule has 2 N–H and O–H groups in total. The highest BCUT2D eigenvalue weighted by Gasteiger charge is 2.11. The third kappa shape index (κ3) is 1.21. The van der Waals surface area contributed by atoms with Crippen molar-refractivity contribution in [2.45, 2.75) is 19.9 Å². The predicted octanol–water partition coefficient (Wildman–Crippen LogP) is 1.56. The van der Waals surface area contributed by atoms with Gasteiger partial charge in [-0.25, -0.2) is 14.4 Å². The second kappa shape index (κ2) is 3.25. The van der Waals surface area contributed by atoms with Crippen LogP contribution in [0.5, 0.6) is 0 Å². The molecule has 0 aliphatic rings. The van der Waals surface area contributed by atoms with E-state index in [1.807, 2.05) is 6.92 Å². The van der Waals surface area contributed by atoms with Crippen molar-refractivity contribution < 1.29 is 4.39 Å². The number of aromatic nitrogens is 3. The highest BCUT2D eigenvalue weighted by Crippen LogP contribution is 2.22. The maximum Gasteiger partial charge on any atom is 0.154 e. The van der Waals surface area contributed by atoms with Gasteiger partial charge in [0.15, 0.2) is 5.82 Å². The summed E-state index contributed by atoms with van der Waals surface area (Å²) in [6.07, 6.45) is 3.69. The first-order valence-electron chi connectivity index (χ1n) is 4.49. The Kier molecular flexibility index (Phi) is 2.07. The smallest absolute Gasteiger partial charge is 0.154 e. The third-order valence-corrected chi connectivity index (χ3v) is 2.10. The molecule has 0 spiro atoms. The fourth-order valence-electron chi connectivity index (χ4n) is 1.51. The van der Waals surface area contributed by atoms with Crippen LogP contribution in [-0.2, 0) is 6.54 Å². The van der Waals surface area contributed by atoms with Crippen molar-refractivity contribution in [1.82, 2.24) is 14.5 Å². The van der Waals surface area contributed by atoms with Crippen LogP contribution >= 0.6 is 0 Å². The maximum absolute atomic E-state index is 13.4. The molecular weight excluding hydrogens is 183 g/mol. The molecule has 0 aliphatic heterocycles. The Balaban J connectivity index is 2.71. The molecule has 2 rings (SSSR count). The standard InChI is InChI=1S/C9H11FN4/c1-2-3-14-4-6(10)7-8(11)12-5-13-9(7)14/h4-5H,2-3H2,1H3,(H2,11,12,13). The van der Waals surface area contributed by atoms with E-state index in [9.17, 15) is 4.39 Å². The summed E-state index contributed by atoms with van der Waals surface area (Å²) in [5.41, 5.74) is 6.13. The van der Waals surface area contributed by atoms with Crippen LogP contribution < -0.4 is 5.73 Å². The SMILES string of the molecule is CCCn1cc(F)c2c(N)ncnc21. The molecule has 14 heavy (non-hydrogen) atoms. The van der Waals surface area contributed by atoms with Crippen molar-refractivity contribution in [2.24, 2.45) is 0 Å². The van der Waals surface area contributed by atoms with Crippen molar-refractivity contribution in [2.75, 3.05) is 5.73 Å². The summed E-state index contributed by atoms with van der Waals surface area (Å²) < 4.78 is 15.2. The van der Waals surface area contributed by atoms with Crippen molar-refractivity contribution in [3.63, 3.8) is 0 Å². The van der Waals surface area contributed by atoms with E-state index in [0.717, 1.165) is 13.0 Å². The van der Waals surface area contributed by atoms with Gasteiger partial charge in [0, 0.05) is 12.7 Å². The van der Waals surface area contributed by atoms with E-state index >= 15 is 0 Å². The Morgan fingerprint density at radius 2 is 2.29 bits per heavy atom. The Morgan fingerprint density at radius 3 is 3.00 bits per heavy atom. The molecule has 4 nitrogen and oxygen atoms in total. The van der Waals surface area contributed by atoms with Gasteiger partial charge in [0.1, 0.15) is 17.8 Å². The van der Waals surface area contributed by atoms with Gasteiger partial charge in [-0.1, -0.05) is 6.92 Å². The molecule has 2 aromatic heterocycles. The van der Waals surface area contributed by atoms with Gasteiger partial charge in [-0.3, -0.25) is 0 Å². The molecule has 0 bridgehead atoms. The van der Waals surface area contributed by atoms with Gasteiger partial charge in [0.25, 0.3) is 0 Å². The number of nitrogen functional groups attached to an aromatic ring is 1. The first kappa shape index (κ1) is 8.93. The van der Waals surface area contributed by atoms with Gasteiger partial charge in [0.2, 0.25) is 0 Å². The molecule has 0 aliphatic carbocycles. The zero-order valence-corrected chi connectivity index (χ0v) is 7.87. The van der Waals surface area contributed by atoms with Gasteiger partial charge in [0.05, 0.1) is 5.39 Å². The van der Waals surface area contributed by atoms with Gasteiger partial charge in [-0.05, 0) is 6.42 Å². The molecule has 0 amide bonds. The average Bonchev–Trinajstić information content (AvgIpc) is 2.46. The summed E-state index contributed by atoms with van der Waals surface area (Å²) in [5.74, 6) is -0.158. The van der Waals surface area contributed by atoms with E-state index in [2.05, 4.69) is 9.97 Å². The van der Waals surface area contributed by atoms with Gasteiger partial charge < -0.3 is 10.3 Å². The van der Waals surface area contributed by atoms with E-state index < -0.39 is 0 Å². The van der Waals surface area contributed by atoms with Crippen LogP contribution in [-0.4, -0.2) is 14.5 Å². The summed E-state index contributed by atoms with van der Waals surface area (Å²) in [7, 11) is 0. The number of nitrogens with zero attached hydrogens (tertiary/aromatic N) is 3. The lowest BCUT2D eigenvalue weighted by Gasteiger charge is -2.00. The molecular formula is C9H11FN4. The van der Waals surface area contributed by atoms with Crippen LogP contribution in [0, 0.1) is 5.82 Å². The van der Waals surface area contributed by atoms with Crippen molar-refractivity contribution in [3.8, 4) is 0 Å². The molecule has 0 fully saturated rings. The van der Waals surface area contributed by atoms with Gasteiger partial charge in [-0.15, -0.1) is 0 Å². The second-order valence-corrected chi connectivity index (χ2v) is 3.13. The molecule has 2 aromatic rings. The lowest BCUT2D eigenvalue weighted by atomic mass is 10.4. The molecule has 0 unspecified atom stereocenters. The Hall–Kier alpha value is -1.65. The summed E-state index contributed by atoms with van der Waals surface area (Å²) in [5, 5.41) is 0.320. The van der Waals surface area contributed by atoms with Crippen LogP contribution in [0.3, 0.4) is 0 Å². The third-order valence-electron chi connectivity index (χ3n) is 2.10. The van der Waals surface area contributed by atoms with Crippen molar-refractivity contribution in [3.05, 3.63) is 18.3 Å². The van der Waals surface area contributed by atoms with Gasteiger partial charge in [-0.2, -0.15) is 0 Å². The maximum atomic E-state index is 13.4. The van der Waals surface area contributed by atoms with E-state index in [4.69, 9.17) is 5.73 Å². The lowest BCUT2D eigenvalue weighted by molar-refractivity contribution is 0.618. The average molecular weight is 194 g/mol. The highest BCUT2D eigenvalue weighted by atomic mass is 19.1. The lowest BCUT2D eigenvalue weighted by Crippen LogP contribution is -1.98. The minimum Gasteiger partial charge on any atom is -0.383 e. The monoisotopic (exact) mass is 194 g/mol. The Labute approximate surface area is 80.6 Å². The van der Waals surface area contributed by atoms with Crippen LogP contribution in [0.2, 0.25) is 0 Å². The molecule has 0 aromatic carbocycles. The van der Waals surface area contributed by atoms with E-state index in [0.29, 0.717) is 11.0 Å². The van der Waals surface area contributed by atoms with E-state index in [1.165, 1.54) is 12.5 Å². The minimum absolute atomic E-state index is 0.197. The van der Waals surface area contributed by atoms with Crippen molar-refractivity contribution >= 4 is 16.9 Å². The highest BCUT2D eigenvalue weighted by molar-refractivity contribution is 5.86. The first-order valence-corrected chi connectivity index (χ1v) is 4.49. The summed E-state index contributed by atoms with van der Waals surface area (Å²) >= 11 is 0. The van der Waals surface area contributed by atoms with Crippen LogP contribution in [0.4, 0.5) is 10.2 Å². The molecule has 0 saturated carbocycles. The topological polar surface area (TPSA) is 56.7 Å². The zero-order chi connectivity index (χ0) is 10.1. The van der Waals surface area contributed by atoms with Crippen LogP contribution in [0.15, 0.2) is 12.5 Å². The molecule has 74 valence electrons. The second-order valence-electron chi connectivity index (χ2n) is 3.13.